The Morgan fingerprint density at radius 1 is 1.11 bits per heavy atom. The van der Waals surface area contributed by atoms with Crippen LogP contribution in [0.2, 0.25) is 0 Å². The molecule has 1 aliphatic rings. The fraction of sp³-hybridized carbons (Fsp3) is 0.435. The van der Waals surface area contributed by atoms with E-state index in [4.69, 9.17) is 4.74 Å². The van der Waals surface area contributed by atoms with Crippen molar-refractivity contribution in [1.29, 1.82) is 0 Å². The third kappa shape index (κ3) is 5.57. The second-order valence-electron chi connectivity index (χ2n) is 7.42. The molecule has 0 saturated carbocycles. The maximum absolute atomic E-state index is 12.6. The second-order valence-corrected chi connectivity index (χ2v) is 7.42. The molecule has 2 N–H and O–H groups in total. The summed E-state index contributed by atoms with van der Waals surface area (Å²) in [5, 5.41) is 3.19. The minimum absolute atomic E-state index is 0.0629. The summed E-state index contributed by atoms with van der Waals surface area (Å²) < 4.78 is 5.50. The van der Waals surface area contributed by atoms with E-state index >= 15 is 0 Å². The van der Waals surface area contributed by atoms with Gasteiger partial charge < -0.3 is 15.0 Å². The standard InChI is InChI=1S/C23H30N2O2/c1-3-27-22-11-9-19(10-12-22)17-25-15-13-21(14-16-25)23(26)24-18(2)20-7-5-4-6-8-20/h4-12,18,21H,3,13-17H2,1-2H3,(H,24,26)/p+1/t18-/m0/s1. The van der Waals surface area contributed by atoms with Gasteiger partial charge in [0, 0.05) is 24.3 Å². The van der Waals surface area contributed by atoms with Crippen molar-refractivity contribution in [2.45, 2.75) is 39.3 Å². The number of carbonyl (C=O) groups is 1. The normalized spacial score (nSPS) is 20.7. The molecular weight excluding hydrogens is 336 g/mol. The molecule has 1 saturated heterocycles. The van der Waals surface area contributed by atoms with Crippen LogP contribution in [0.15, 0.2) is 54.6 Å². The van der Waals surface area contributed by atoms with Gasteiger partial charge in [-0.15, -0.1) is 0 Å². The molecule has 0 aromatic heterocycles. The van der Waals surface area contributed by atoms with E-state index in [1.807, 2.05) is 37.3 Å². The van der Waals surface area contributed by atoms with Gasteiger partial charge in [0.25, 0.3) is 0 Å². The fourth-order valence-electron chi connectivity index (χ4n) is 3.78. The highest BCUT2D eigenvalue weighted by Gasteiger charge is 2.28. The minimum atomic E-state index is 0.0629. The molecule has 1 atom stereocenters. The lowest BCUT2D eigenvalue weighted by Gasteiger charge is -2.29. The Labute approximate surface area is 162 Å². The van der Waals surface area contributed by atoms with Crippen molar-refractivity contribution in [3.05, 3.63) is 65.7 Å². The Kier molecular flexibility index (Phi) is 6.88. The first-order chi connectivity index (χ1) is 13.2. The van der Waals surface area contributed by atoms with Crippen LogP contribution in [0, 0.1) is 5.92 Å². The molecule has 1 heterocycles. The number of piperidine rings is 1. The molecule has 1 amide bonds. The van der Waals surface area contributed by atoms with Gasteiger partial charge in [0.15, 0.2) is 0 Å². The van der Waals surface area contributed by atoms with Crippen LogP contribution in [0.4, 0.5) is 0 Å². The number of hydrogen-bond acceptors (Lipinski definition) is 2. The molecule has 1 fully saturated rings. The van der Waals surface area contributed by atoms with Gasteiger partial charge in [-0.25, -0.2) is 0 Å². The molecular formula is C23H31N2O2+. The summed E-state index contributed by atoms with van der Waals surface area (Å²) in [4.78, 5) is 14.2. The van der Waals surface area contributed by atoms with Crippen molar-refractivity contribution in [2.75, 3.05) is 19.7 Å². The number of nitrogens with one attached hydrogen (secondary N) is 2. The van der Waals surface area contributed by atoms with Crippen LogP contribution in [-0.4, -0.2) is 25.6 Å². The van der Waals surface area contributed by atoms with Crippen molar-refractivity contribution >= 4 is 5.91 Å². The van der Waals surface area contributed by atoms with E-state index in [-0.39, 0.29) is 17.9 Å². The average molecular weight is 368 g/mol. The minimum Gasteiger partial charge on any atom is -0.494 e. The van der Waals surface area contributed by atoms with Crippen molar-refractivity contribution in [2.24, 2.45) is 5.92 Å². The van der Waals surface area contributed by atoms with Gasteiger partial charge in [0.2, 0.25) is 5.91 Å². The summed E-state index contributed by atoms with van der Waals surface area (Å²) in [7, 11) is 0. The quantitative estimate of drug-likeness (QED) is 0.790. The summed E-state index contributed by atoms with van der Waals surface area (Å²) in [6, 6.07) is 18.6. The van der Waals surface area contributed by atoms with Gasteiger partial charge in [-0.3, -0.25) is 4.79 Å². The Morgan fingerprint density at radius 3 is 2.41 bits per heavy atom. The highest BCUT2D eigenvalue weighted by atomic mass is 16.5. The number of hydrogen-bond donors (Lipinski definition) is 2. The molecule has 4 nitrogen and oxygen atoms in total. The molecule has 0 bridgehead atoms. The van der Waals surface area contributed by atoms with E-state index < -0.39 is 0 Å². The van der Waals surface area contributed by atoms with Crippen LogP contribution in [0.25, 0.3) is 0 Å². The van der Waals surface area contributed by atoms with Crippen LogP contribution in [-0.2, 0) is 11.3 Å². The zero-order chi connectivity index (χ0) is 19.1. The average Bonchev–Trinajstić information content (AvgIpc) is 2.71. The van der Waals surface area contributed by atoms with E-state index in [1.165, 1.54) is 5.56 Å². The summed E-state index contributed by atoms with van der Waals surface area (Å²) >= 11 is 0. The third-order valence-corrected chi connectivity index (χ3v) is 5.41. The number of quaternary nitrogens is 1. The van der Waals surface area contributed by atoms with Crippen LogP contribution in [0.1, 0.15) is 43.9 Å². The molecule has 0 unspecified atom stereocenters. The zero-order valence-corrected chi connectivity index (χ0v) is 16.4. The van der Waals surface area contributed by atoms with Crippen molar-refractivity contribution in [3.63, 3.8) is 0 Å². The second kappa shape index (κ2) is 9.56. The Balaban J connectivity index is 1.44. The molecule has 1 aliphatic heterocycles. The lowest BCUT2D eigenvalue weighted by atomic mass is 9.95. The molecule has 4 heteroatoms. The summed E-state index contributed by atoms with van der Waals surface area (Å²) in [6.45, 7) is 7.86. The van der Waals surface area contributed by atoms with Gasteiger partial charge >= 0.3 is 0 Å². The molecule has 2 aromatic rings. The van der Waals surface area contributed by atoms with Crippen LogP contribution in [0.5, 0.6) is 5.75 Å². The molecule has 2 aromatic carbocycles. The van der Waals surface area contributed by atoms with Crippen LogP contribution >= 0.6 is 0 Å². The van der Waals surface area contributed by atoms with Gasteiger partial charge in [0.1, 0.15) is 12.3 Å². The third-order valence-electron chi connectivity index (χ3n) is 5.41. The molecule has 144 valence electrons. The first-order valence-electron chi connectivity index (χ1n) is 10.1. The monoisotopic (exact) mass is 367 g/mol. The highest BCUT2D eigenvalue weighted by Crippen LogP contribution is 2.16. The smallest absolute Gasteiger partial charge is 0.224 e. The van der Waals surface area contributed by atoms with Crippen molar-refractivity contribution in [1.82, 2.24) is 5.32 Å². The summed E-state index contributed by atoms with van der Waals surface area (Å²) in [6.07, 6.45) is 1.92. The fourth-order valence-corrected chi connectivity index (χ4v) is 3.78. The molecule has 3 rings (SSSR count). The van der Waals surface area contributed by atoms with Crippen molar-refractivity contribution < 1.29 is 14.4 Å². The lowest BCUT2D eigenvalue weighted by molar-refractivity contribution is -0.919. The maximum Gasteiger partial charge on any atom is 0.224 e. The number of benzene rings is 2. The number of rotatable bonds is 7. The molecule has 0 radical (unpaired) electrons. The van der Waals surface area contributed by atoms with Crippen molar-refractivity contribution in [3.8, 4) is 5.75 Å². The van der Waals surface area contributed by atoms with E-state index in [0.717, 1.165) is 43.8 Å². The number of amides is 1. The number of carbonyl (C=O) groups excluding carboxylic acids is 1. The maximum atomic E-state index is 12.6. The van der Waals surface area contributed by atoms with E-state index in [0.29, 0.717) is 6.61 Å². The first kappa shape index (κ1) is 19.4. The molecule has 0 spiro atoms. The van der Waals surface area contributed by atoms with Gasteiger partial charge in [-0.1, -0.05) is 30.3 Å². The topological polar surface area (TPSA) is 42.8 Å². The van der Waals surface area contributed by atoms with E-state index in [9.17, 15) is 4.79 Å². The molecule has 27 heavy (non-hydrogen) atoms. The van der Waals surface area contributed by atoms with Crippen LogP contribution in [0.3, 0.4) is 0 Å². The lowest BCUT2D eigenvalue weighted by Crippen LogP contribution is -3.11. The Morgan fingerprint density at radius 2 is 1.78 bits per heavy atom. The number of likely N-dealkylation sites (tertiary alicyclic amines) is 1. The van der Waals surface area contributed by atoms with E-state index in [1.54, 1.807) is 4.90 Å². The summed E-state index contributed by atoms with van der Waals surface area (Å²) in [5.74, 6) is 1.27. The Bertz CT molecular complexity index is 707. The van der Waals surface area contributed by atoms with E-state index in [2.05, 4.69) is 36.5 Å². The predicted octanol–water partition coefficient (Wildman–Crippen LogP) is 2.76. The number of ether oxygens (including phenoxy) is 1. The summed E-state index contributed by atoms with van der Waals surface area (Å²) in [5.41, 5.74) is 2.48. The predicted molar refractivity (Wildman–Crippen MR) is 108 cm³/mol. The Hall–Kier alpha value is -2.33. The van der Waals surface area contributed by atoms with Gasteiger partial charge in [-0.05, 0) is 43.7 Å². The molecule has 0 aliphatic carbocycles. The largest absolute Gasteiger partial charge is 0.494 e. The van der Waals surface area contributed by atoms with Gasteiger partial charge in [0.05, 0.1) is 25.7 Å². The SMILES string of the molecule is CCOc1ccc(C[NH+]2CCC(C(=O)N[C@@H](C)c3ccccc3)CC2)cc1. The first-order valence-corrected chi connectivity index (χ1v) is 10.1. The highest BCUT2D eigenvalue weighted by molar-refractivity contribution is 5.79. The van der Waals surface area contributed by atoms with Gasteiger partial charge in [-0.2, -0.15) is 0 Å². The zero-order valence-electron chi connectivity index (χ0n) is 16.4. The van der Waals surface area contributed by atoms with Crippen LogP contribution < -0.4 is 15.0 Å².